The molecule has 2 aromatic heterocycles. The van der Waals surface area contributed by atoms with Gasteiger partial charge in [-0.1, -0.05) is 119 Å². The smallest absolute Gasteiger partial charge is 0.0620 e. The molecule has 0 saturated carbocycles. The number of aromatic nitrogens is 1. The van der Waals surface area contributed by atoms with Crippen molar-refractivity contribution in [1.29, 1.82) is 0 Å². The fraction of sp³-hybridized carbons (Fsp3) is 0.167. The molecule has 0 aliphatic heterocycles. The van der Waals surface area contributed by atoms with Crippen LogP contribution >= 0.6 is 0 Å². The molecule has 2 aliphatic rings. The molecule has 176 valence electrons. The predicted molar refractivity (Wildman–Crippen MR) is 156 cm³/mol. The van der Waals surface area contributed by atoms with Crippen molar-refractivity contribution in [1.82, 2.24) is 4.40 Å². The van der Waals surface area contributed by atoms with Crippen molar-refractivity contribution in [3.05, 3.63) is 113 Å². The topological polar surface area (TPSA) is 4.41 Å². The van der Waals surface area contributed by atoms with Crippen LogP contribution < -0.4 is 0 Å². The Morgan fingerprint density at radius 3 is 1.32 bits per heavy atom. The number of hydrogen-bond acceptors (Lipinski definition) is 0. The minimum absolute atomic E-state index is 0.0708. The lowest BCUT2D eigenvalue weighted by atomic mass is 9.81. The Morgan fingerprint density at radius 1 is 0.405 bits per heavy atom. The average molecular weight is 474 g/mol. The van der Waals surface area contributed by atoms with Crippen molar-refractivity contribution < 1.29 is 0 Å². The van der Waals surface area contributed by atoms with Gasteiger partial charge >= 0.3 is 0 Å². The van der Waals surface area contributed by atoms with Crippen LogP contribution in [-0.2, 0) is 10.8 Å². The molecule has 0 spiro atoms. The molecule has 2 aliphatic carbocycles. The molecule has 9 rings (SSSR count). The number of nitrogens with zero attached hydrogens (tertiary/aromatic N) is 1. The quantitative estimate of drug-likeness (QED) is 0.207. The molecule has 0 amide bonds. The van der Waals surface area contributed by atoms with Crippen LogP contribution in [0.5, 0.6) is 0 Å². The lowest BCUT2D eigenvalue weighted by molar-refractivity contribution is 0.661. The van der Waals surface area contributed by atoms with Crippen LogP contribution in [0.4, 0.5) is 0 Å². The molecule has 0 bridgehead atoms. The highest BCUT2D eigenvalue weighted by atomic mass is 14.9. The minimum Gasteiger partial charge on any atom is -0.307 e. The molecule has 0 N–H and O–H groups in total. The molecule has 1 nitrogen and oxygen atoms in total. The molecule has 0 atom stereocenters. The van der Waals surface area contributed by atoms with Gasteiger partial charge in [-0.2, -0.15) is 0 Å². The summed E-state index contributed by atoms with van der Waals surface area (Å²) in [6, 6.07) is 34.4. The van der Waals surface area contributed by atoms with E-state index >= 15 is 0 Å². The van der Waals surface area contributed by atoms with Crippen LogP contribution in [0.1, 0.15) is 49.9 Å². The Labute approximate surface area is 216 Å². The molecule has 5 aromatic carbocycles. The van der Waals surface area contributed by atoms with Crippen molar-refractivity contribution in [2.45, 2.75) is 38.5 Å². The summed E-state index contributed by atoms with van der Waals surface area (Å²) in [7, 11) is 0. The third-order valence-electron chi connectivity index (χ3n) is 9.67. The fourth-order valence-electron chi connectivity index (χ4n) is 8.15. The molecule has 0 saturated heterocycles. The summed E-state index contributed by atoms with van der Waals surface area (Å²) in [5.41, 5.74) is 15.3. The summed E-state index contributed by atoms with van der Waals surface area (Å²) in [5.74, 6) is 0. The highest BCUT2D eigenvalue weighted by Crippen LogP contribution is 2.56. The van der Waals surface area contributed by atoms with E-state index in [0.29, 0.717) is 0 Å². The molecule has 0 unspecified atom stereocenters. The summed E-state index contributed by atoms with van der Waals surface area (Å²) < 4.78 is 2.66. The van der Waals surface area contributed by atoms with E-state index < -0.39 is 0 Å². The Kier molecular flexibility index (Phi) is 3.28. The van der Waals surface area contributed by atoms with Crippen molar-refractivity contribution >= 4 is 38.1 Å². The van der Waals surface area contributed by atoms with Crippen LogP contribution in [-0.4, -0.2) is 4.40 Å². The Morgan fingerprint density at radius 2 is 0.838 bits per heavy atom. The van der Waals surface area contributed by atoms with Gasteiger partial charge in [-0.15, -0.1) is 0 Å². The number of benzene rings is 5. The first-order valence-electron chi connectivity index (χ1n) is 13.4. The van der Waals surface area contributed by atoms with Crippen LogP contribution in [0.2, 0.25) is 0 Å². The van der Waals surface area contributed by atoms with Gasteiger partial charge in [-0.25, -0.2) is 0 Å². The molecule has 0 radical (unpaired) electrons. The van der Waals surface area contributed by atoms with E-state index in [-0.39, 0.29) is 10.8 Å². The van der Waals surface area contributed by atoms with Gasteiger partial charge in [0.1, 0.15) is 0 Å². The van der Waals surface area contributed by atoms with Gasteiger partial charge in [0.05, 0.1) is 16.6 Å². The highest BCUT2D eigenvalue weighted by molar-refractivity contribution is 6.25. The van der Waals surface area contributed by atoms with E-state index in [9.17, 15) is 0 Å². The second kappa shape index (κ2) is 6.06. The third-order valence-corrected chi connectivity index (χ3v) is 9.67. The number of para-hydroxylation sites is 1. The molecule has 1 heteroatoms. The van der Waals surface area contributed by atoms with Crippen LogP contribution in [0.15, 0.2) is 91.0 Å². The fourth-order valence-corrected chi connectivity index (χ4v) is 8.15. The first kappa shape index (κ1) is 20.0. The van der Waals surface area contributed by atoms with Crippen molar-refractivity contribution in [2.75, 3.05) is 0 Å². The summed E-state index contributed by atoms with van der Waals surface area (Å²) in [6.07, 6.45) is 0. The summed E-state index contributed by atoms with van der Waals surface area (Å²) in [5, 5.41) is 5.46. The maximum Gasteiger partial charge on any atom is 0.0620 e. The summed E-state index contributed by atoms with van der Waals surface area (Å²) in [4.78, 5) is 0. The van der Waals surface area contributed by atoms with Gasteiger partial charge in [-0.05, 0) is 44.5 Å². The Hall–Kier alpha value is -4.10. The minimum atomic E-state index is -0.0708. The molecule has 37 heavy (non-hydrogen) atoms. The highest BCUT2D eigenvalue weighted by Gasteiger charge is 2.41. The molecular weight excluding hydrogens is 446 g/mol. The van der Waals surface area contributed by atoms with Gasteiger partial charge < -0.3 is 4.40 Å². The number of hydrogen-bond donors (Lipinski definition) is 0. The first-order valence-corrected chi connectivity index (χ1v) is 13.4. The monoisotopic (exact) mass is 473 g/mol. The largest absolute Gasteiger partial charge is 0.307 e. The zero-order valence-electron chi connectivity index (χ0n) is 21.6. The van der Waals surface area contributed by atoms with E-state index in [1.165, 1.54) is 82.6 Å². The molecule has 2 heterocycles. The predicted octanol–water partition coefficient (Wildman–Crippen LogP) is 9.45. The molecule has 0 fully saturated rings. The van der Waals surface area contributed by atoms with Gasteiger partial charge in [0.15, 0.2) is 0 Å². The average Bonchev–Trinajstić information content (AvgIpc) is 3.57. The summed E-state index contributed by atoms with van der Waals surface area (Å²) >= 11 is 0. The van der Waals surface area contributed by atoms with Gasteiger partial charge in [0.25, 0.3) is 0 Å². The number of rotatable bonds is 0. The van der Waals surface area contributed by atoms with Crippen molar-refractivity contribution in [3.63, 3.8) is 0 Å². The van der Waals surface area contributed by atoms with Gasteiger partial charge in [-0.3, -0.25) is 0 Å². The van der Waals surface area contributed by atoms with Crippen molar-refractivity contribution in [3.8, 4) is 22.3 Å². The maximum absolute atomic E-state index is 2.66. The lowest BCUT2D eigenvalue weighted by Crippen LogP contribution is -2.17. The van der Waals surface area contributed by atoms with E-state index in [1.54, 1.807) is 0 Å². The third kappa shape index (κ3) is 2.05. The molecular formula is C36H27N. The van der Waals surface area contributed by atoms with E-state index in [0.717, 1.165) is 0 Å². The SMILES string of the molecule is CC1(C)c2ccccc2-c2ccc3c4cccc5c6ccc7c(c6n(c3c21)c45)C(C)(C)c1ccccc1-7. The zero-order chi connectivity index (χ0) is 24.8. The lowest BCUT2D eigenvalue weighted by Gasteiger charge is -2.24. The van der Waals surface area contributed by atoms with Crippen LogP contribution in [0, 0.1) is 0 Å². The zero-order valence-corrected chi connectivity index (χ0v) is 21.6. The number of fused-ring (bicyclic) bond motifs is 14. The Balaban J connectivity index is 1.58. The standard InChI is InChI=1S/C36H27N/c1-35(2)28-14-7-5-10-20(28)22-16-18-26-24-12-9-13-25-27-19-17-23-21-11-6-8-15-29(21)36(3,4)31(23)34(27)37(32(24)25)33(26)30(22)35/h5-19H,1-4H3. The molecule has 7 aromatic rings. The van der Waals surface area contributed by atoms with E-state index in [2.05, 4.69) is 123 Å². The van der Waals surface area contributed by atoms with Crippen LogP contribution in [0.3, 0.4) is 0 Å². The van der Waals surface area contributed by atoms with Crippen LogP contribution in [0.25, 0.3) is 60.3 Å². The summed E-state index contributed by atoms with van der Waals surface area (Å²) in [6.45, 7) is 9.64. The first-order chi connectivity index (χ1) is 17.9. The van der Waals surface area contributed by atoms with Crippen molar-refractivity contribution in [2.24, 2.45) is 0 Å². The second-order valence-corrected chi connectivity index (χ2v) is 12.1. The Bertz CT molecular complexity index is 1990. The van der Waals surface area contributed by atoms with Gasteiger partial charge in [0, 0.05) is 32.4 Å². The second-order valence-electron chi connectivity index (χ2n) is 12.1. The van der Waals surface area contributed by atoms with E-state index in [1.807, 2.05) is 0 Å². The van der Waals surface area contributed by atoms with Gasteiger partial charge in [0.2, 0.25) is 0 Å². The maximum atomic E-state index is 2.66. The normalized spacial score (nSPS) is 16.5. The van der Waals surface area contributed by atoms with E-state index in [4.69, 9.17) is 0 Å².